The molecule has 0 bridgehead atoms. The summed E-state index contributed by atoms with van der Waals surface area (Å²) in [5.41, 5.74) is 1.23. The molecule has 1 fully saturated rings. The molecule has 0 saturated carbocycles. The molecular weight excluding hydrogens is 215 g/mol. The van der Waals surface area contributed by atoms with E-state index in [0.29, 0.717) is 16.2 Å². The molecule has 0 aliphatic carbocycles. The number of hydrogen-bond donors (Lipinski definition) is 2. The van der Waals surface area contributed by atoms with Gasteiger partial charge in [0.25, 0.3) is 5.91 Å². The van der Waals surface area contributed by atoms with Gasteiger partial charge in [-0.05, 0) is 36.3 Å². The van der Waals surface area contributed by atoms with Crippen LogP contribution in [-0.4, -0.2) is 11.0 Å². The Kier molecular flexibility index (Phi) is 2.40. The molecule has 1 unspecified atom stereocenters. The van der Waals surface area contributed by atoms with E-state index in [9.17, 15) is 9.18 Å². The van der Waals surface area contributed by atoms with Gasteiger partial charge >= 0.3 is 0 Å². The number of hydrogen-bond acceptors (Lipinski definition) is 2. The quantitative estimate of drug-likeness (QED) is 0.704. The molecule has 1 heterocycles. The summed E-state index contributed by atoms with van der Waals surface area (Å²) < 4.78 is 13.0. The molecule has 1 aromatic rings. The summed E-state index contributed by atoms with van der Waals surface area (Å²) in [4.78, 5) is 11.4. The first-order valence-corrected chi connectivity index (χ1v) is 4.86. The first-order chi connectivity index (χ1) is 7.08. The van der Waals surface area contributed by atoms with Crippen LogP contribution in [0.4, 0.5) is 4.39 Å². The minimum absolute atomic E-state index is 0.203. The van der Waals surface area contributed by atoms with Gasteiger partial charge in [-0.15, -0.1) is 0 Å². The minimum atomic E-state index is -0.503. The average molecular weight is 224 g/mol. The van der Waals surface area contributed by atoms with E-state index in [2.05, 4.69) is 10.6 Å². The molecule has 1 aliphatic heterocycles. The van der Waals surface area contributed by atoms with Crippen molar-refractivity contribution in [2.24, 2.45) is 0 Å². The average Bonchev–Trinajstić information content (AvgIpc) is 2.50. The van der Waals surface area contributed by atoms with Crippen LogP contribution in [-0.2, 0) is 4.79 Å². The maximum absolute atomic E-state index is 13.0. The van der Waals surface area contributed by atoms with Crippen LogP contribution in [0.1, 0.15) is 17.2 Å². The van der Waals surface area contributed by atoms with Crippen molar-refractivity contribution in [3.63, 3.8) is 0 Å². The van der Waals surface area contributed by atoms with Crippen molar-refractivity contribution in [2.75, 3.05) is 0 Å². The Morgan fingerprint density at radius 1 is 1.47 bits per heavy atom. The third-order valence-electron chi connectivity index (χ3n) is 2.29. The second-order valence-corrected chi connectivity index (χ2v) is 3.81. The molecule has 0 spiro atoms. The Morgan fingerprint density at radius 2 is 2.20 bits per heavy atom. The molecule has 5 heteroatoms. The highest BCUT2D eigenvalue weighted by molar-refractivity contribution is 7.80. The van der Waals surface area contributed by atoms with Gasteiger partial charge in [-0.2, -0.15) is 0 Å². The van der Waals surface area contributed by atoms with Gasteiger partial charge in [0.05, 0.1) is 0 Å². The fraction of sp³-hybridized carbons (Fsp3) is 0.200. The molecular formula is C10H9FN2OS. The van der Waals surface area contributed by atoms with Gasteiger partial charge in [-0.1, -0.05) is 12.1 Å². The van der Waals surface area contributed by atoms with Crippen molar-refractivity contribution in [1.29, 1.82) is 0 Å². The maximum atomic E-state index is 13.0. The molecule has 2 N–H and O–H groups in total. The molecule has 1 amide bonds. The van der Waals surface area contributed by atoms with Crippen molar-refractivity contribution in [1.82, 2.24) is 10.6 Å². The smallest absolute Gasteiger partial charge is 0.253 e. The highest BCUT2D eigenvalue weighted by Crippen LogP contribution is 2.19. The SMILES string of the molecule is Cc1cc(C2NC(=S)NC2=O)ccc1F. The van der Waals surface area contributed by atoms with E-state index >= 15 is 0 Å². The number of aryl methyl sites for hydroxylation is 1. The second kappa shape index (κ2) is 3.58. The fourth-order valence-electron chi connectivity index (χ4n) is 1.50. The number of carbonyl (C=O) groups is 1. The van der Waals surface area contributed by atoms with E-state index in [-0.39, 0.29) is 11.7 Å². The van der Waals surface area contributed by atoms with Crippen molar-refractivity contribution < 1.29 is 9.18 Å². The van der Waals surface area contributed by atoms with Crippen LogP contribution in [0.5, 0.6) is 0 Å². The number of halogens is 1. The van der Waals surface area contributed by atoms with Gasteiger partial charge in [-0.25, -0.2) is 4.39 Å². The number of amides is 1. The predicted molar refractivity (Wildman–Crippen MR) is 57.8 cm³/mol. The van der Waals surface area contributed by atoms with Gasteiger partial charge in [-0.3, -0.25) is 4.79 Å². The number of thiocarbonyl (C=S) groups is 1. The van der Waals surface area contributed by atoms with E-state index in [1.165, 1.54) is 6.07 Å². The molecule has 1 aromatic carbocycles. The van der Waals surface area contributed by atoms with Crippen molar-refractivity contribution in [3.05, 3.63) is 35.1 Å². The van der Waals surface area contributed by atoms with Gasteiger partial charge < -0.3 is 10.6 Å². The lowest BCUT2D eigenvalue weighted by Crippen LogP contribution is -2.21. The van der Waals surface area contributed by atoms with Crippen molar-refractivity contribution in [2.45, 2.75) is 13.0 Å². The zero-order valence-electron chi connectivity index (χ0n) is 8.00. The monoisotopic (exact) mass is 224 g/mol. The zero-order valence-corrected chi connectivity index (χ0v) is 8.82. The third kappa shape index (κ3) is 1.83. The summed E-state index contributed by atoms with van der Waals surface area (Å²) in [5.74, 6) is -0.481. The topological polar surface area (TPSA) is 41.1 Å². The van der Waals surface area contributed by atoms with Gasteiger partial charge in [0, 0.05) is 0 Å². The summed E-state index contributed by atoms with van der Waals surface area (Å²) in [5, 5.41) is 5.61. The standard InChI is InChI=1S/C10H9FN2OS/c1-5-4-6(2-3-7(5)11)8-9(14)13-10(15)12-8/h2-4,8H,1H3,(H2,12,13,14,15). The lowest BCUT2D eigenvalue weighted by Gasteiger charge is -2.08. The van der Waals surface area contributed by atoms with Crippen LogP contribution in [0.3, 0.4) is 0 Å². The Balaban J connectivity index is 2.34. The molecule has 78 valence electrons. The lowest BCUT2D eigenvalue weighted by atomic mass is 10.0. The van der Waals surface area contributed by atoms with E-state index in [4.69, 9.17) is 12.2 Å². The Hall–Kier alpha value is -1.49. The summed E-state index contributed by atoms with van der Waals surface area (Å²) in [6.07, 6.45) is 0. The van der Waals surface area contributed by atoms with Crippen LogP contribution < -0.4 is 10.6 Å². The molecule has 0 aromatic heterocycles. The molecule has 2 rings (SSSR count). The largest absolute Gasteiger partial charge is 0.347 e. The highest BCUT2D eigenvalue weighted by atomic mass is 32.1. The van der Waals surface area contributed by atoms with Crippen molar-refractivity contribution in [3.8, 4) is 0 Å². The highest BCUT2D eigenvalue weighted by Gasteiger charge is 2.28. The second-order valence-electron chi connectivity index (χ2n) is 3.40. The first kappa shape index (κ1) is 10.0. The van der Waals surface area contributed by atoms with Gasteiger partial charge in [0.2, 0.25) is 0 Å². The lowest BCUT2D eigenvalue weighted by molar-refractivity contribution is -0.120. The summed E-state index contributed by atoms with van der Waals surface area (Å²) >= 11 is 4.81. The van der Waals surface area contributed by atoms with Gasteiger partial charge in [0.1, 0.15) is 11.9 Å². The maximum Gasteiger partial charge on any atom is 0.253 e. The Morgan fingerprint density at radius 3 is 2.73 bits per heavy atom. The summed E-state index contributed by atoms with van der Waals surface area (Å²) in [6.45, 7) is 1.66. The van der Waals surface area contributed by atoms with Crippen LogP contribution in [0.15, 0.2) is 18.2 Å². The molecule has 0 radical (unpaired) electrons. The minimum Gasteiger partial charge on any atom is -0.347 e. The van der Waals surface area contributed by atoms with Gasteiger partial charge in [0.15, 0.2) is 5.11 Å². The van der Waals surface area contributed by atoms with E-state index in [1.54, 1.807) is 19.1 Å². The van der Waals surface area contributed by atoms with E-state index < -0.39 is 6.04 Å². The summed E-state index contributed by atoms with van der Waals surface area (Å²) in [7, 11) is 0. The van der Waals surface area contributed by atoms with Crippen LogP contribution in [0, 0.1) is 12.7 Å². The normalized spacial score (nSPS) is 20.0. The Bertz CT molecular complexity index is 447. The van der Waals surface area contributed by atoms with E-state index in [0.717, 1.165) is 0 Å². The van der Waals surface area contributed by atoms with Crippen LogP contribution in [0.2, 0.25) is 0 Å². The molecule has 3 nitrogen and oxygen atoms in total. The molecule has 1 saturated heterocycles. The van der Waals surface area contributed by atoms with E-state index in [1.807, 2.05) is 0 Å². The first-order valence-electron chi connectivity index (χ1n) is 4.45. The number of benzene rings is 1. The number of rotatable bonds is 1. The van der Waals surface area contributed by atoms with Crippen LogP contribution >= 0.6 is 12.2 Å². The van der Waals surface area contributed by atoms with Crippen molar-refractivity contribution >= 4 is 23.2 Å². The zero-order chi connectivity index (χ0) is 11.0. The summed E-state index contributed by atoms with van der Waals surface area (Å²) in [6, 6.07) is 4.06. The molecule has 15 heavy (non-hydrogen) atoms. The number of carbonyl (C=O) groups excluding carboxylic acids is 1. The molecule has 1 aliphatic rings. The van der Waals surface area contributed by atoms with Crippen LogP contribution in [0.25, 0.3) is 0 Å². The Labute approximate surface area is 91.7 Å². The predicted octanol–water partition coefficient (Wildman–Crippen LogP) is 1.18. The molecule has 1 atom stereocenters. The third-order valence-corrected chi connectivity index (χ3v) is 2.51. The number of nitrogens with one attached hydrogen (secondary N) is 2. The fourth-order valence-corrected chi connectivity index (χ4v) is 1.72.